The van der Waals surface area contributed by atoms with Gasteiger partial charge in [-0.25, -0.2) is 0 Å². The van der Waals surface area contributed by atoms with E-state index in [1.807, 2.05) is 17.5 Å². The molecule has 0 atom stereocenters. The lowest BCUT2D eigenvalue weighted by molar-refractivity contribution is -0.384. The first-order chi connectivity index (χ1) is 9.15. The van der Waals surface area contributed by atoms with Gasteiger partial charge in [-0.1, -0.05) is 6.07 Å². The number of esters is 1. The number of hydrogen-bond donors (Lipinski definition) is 0. The molecule has 0 aliphatic heterocycles. The fourth-order valence-corrected chi connectivity index (χ4v) is 2.17. The number of ether oxygens (including phenoxy) is 1. The van der Waals surface area contributed by atoms with Crippen molar-refractivity contribution in [2.45, 2.75) is 13.0 Å². The molecule has 0 amide bonds. The Morgan fingerprint density at radius 2 is 2.00 bits per heavy atom. The first kappa shape index (κ1) is 13.2. The lowest BCUT2D eigenvalue weighted by Crippen LogP contribution is -2.07. The topological polar surface area (TPSA) is 69.4 Å². The Hall–Kier alpha value is -2.21. The molecule has 1 aromatic heterocycles. The van der Waals surface area contributed by atoms with E-state index in [-0.39, 0.29) is 24.7 Å². The van der Waals surface area contributed by atoms with Crippen LogP contribution in [0.15, 0.2) is 41.8 Å². The SMILES string of the molecule is O=C(Cc1cccs1)OCc1ccc([N+](=O)[O-])cc1. The van der Waals surface area contributed by atoms with Crippen molar-refractivity contribution in [3.63, 3.8) is 0 Å². The smallest absolute Gasteiger partial charge is 0.311 e. The van der Waals surface area contributed by atoms with Crippen LogP contribution < -0.4 is 0 Å². The molecule has 2 aromatic rings. The molecule has 0 fully saturated rings. The molecule has 0 N–H and O–H groups in total. The Balaban J connectivity index is 1.84. The van der Waals surface area contributed by atoms with Gasteiger partial charge in [-0.2, -0.15) is 0 Å². The summed E-state index contributed by atoms with van der Waals surface area (Å²) < 4.78 is 5.10. The number of rotatable bonds is 5. The fraction of sp³-hybridized carbons (Fsp3) is 0.154. The van der Waals surface area contributed by atoms with Crippen LogP contribution in [0.2, 0.25) is 0 Å². The quantitative estimate of drug-likeness (QED) is 0.478. The predicted molar refractivity (Wildman–Crippen MR) is 70.9 cm³/mol. The van der Waals surface area contributed by atoms with Crippen LogP contribution in [0.5, 0.6) is 0 Å². The summed E-state index contributed by atoms with van der Waals surface area (Å²) in [5, 5.41) is 12.4. The second-order valence-electron chi connectivity index (χ2n) is 3.84. The van der Waals surface area contributed by atoms with E-state index in [4.69, 9.17) is 4.74 Å². The van der Waals surface area contributed by atoms with Gasteiger partial charge in [0.25, 0.3) is 5.69 Å². The van der Waals surface area contributed by atoms with E-state index in [2.05, 4.69) is 0 Å². The summed E-state index contributed by atoms with van der Waals surface area (Å²) in [6, 6.07) is 9.69. The summed E-state index contributed by atoms with van der Waals surface area (Å²) in [4.78, 5) is 22.5. The minimum atomic E-state index is -0.466. The molecular formula is C13H11NO4S. The number of thiophene rings is 1. The zero-order valence-electron chi connectivity index (χ0n) is 9.94. The third-order valence-corrected chi connectivity index (χ3v) is 3.32. The van der Waals surface area contributed by atoms with Gasteiger partial charge >= 0.3 is 5.97 Å². The normalized spacial score (nSPS) is 10.1. The lowest BCUT2D eigenvalue weighted by Gasteiger charge is -2.03. The highest BCUT2D eigenvalue weighted by Gasteiger charge is 2.07. The maximum Gasteiger partial charge on any atom is 0.311 e. The van der Waals surface area contributed by atoms with Crippen molar-refractivity contribution in [1.29, 1.82) is 0 Å². The average Bonchev–Trinajstić information content (AvgIpc) is 2.89. The van der Waals surface area contributed by atoms with Crippen molar-refractivity contribution < 1.29 is 14.5 Å². The molecule has 0 spiro atoms. The minimum absolute atomic E-state index is 0.0219. The molecular weight excluding hydrogens is 266 g/mol. The van der Waals surface area contributed by atoms with E-state index in [9.17, 15) is 14.9 Å². The number of nitro benzene ring substituents is 1. The second kappa shape index (κ2) is 6.10. The van der Waals surface area contributed by atoms with Crippen LogP contribution in [-0.4, -0.2) is 10.9 Å². The molecule has 0 saturated heterocycles. The largest absolute Gasteiger partial charge is 0.461 e. The van der Waals surface area contributed by atoms with Crippen LogP contribution >= 0.6 is 11.3 Å². The van der Waals surface area contributed by atoms with Gasteiger partial charge in [-0.3, -0.25) is 14.9 Å². The highest BCUT2D eigenvalue weighted by molar-refractivity contribution is 7.10. The highest BCUT2D eigenvalue weighted by Crippen LogP contribution is 2.13. The predicted octanol–water partition coefficient (Wildman–Crippen LogP) is 2.94. The van der Waals surface area contributed by atoms with Crippen LogP contribution in [0, 0.1) is 10.1 Å². The maximum absolute atomic E-state index is 11.5. The Kier molecular flexibility index (Phi) is 4.25. The standard InChI is InChI=1S/C13H11NO4S/c15-13(8-12-2-1-7-19-12)18-9-10-3-5-11(6-4-10)14(16)17/h1-7H,8-9H2. The summed E-state index contributed by atoms with van der Waals surface area (Å²) in [5.74, 6) is -0.305. The van der Waals surface area contributed by atoms with Crippen molar-refractivity contribution in [2.75, 3.05) is 0 Å². The van der Waals surface area contributed by atoms with Crippen LogP contribution in [0.3, 0.4) is 0 Å². The number of nitro groups is 1. The van der Waals surface area contributed by atoms with Crippen LogP contribution in [0.4, 0.5) is 5.69 Å². The number of carbonyl (C=O) groups excluding carboxylic acids is 1. The van der Waals surface area contributed by atoms with E-state index in [1.54, 1.807) is 12.1 Å². The third-order valence-electron chi connectivity index (χ3n) is 2.45. The first-order valence-electron chi connectivity index (χ1n) is 5.56. The maximum atomic E-state index is 11.5. The van der Waals surface area contributed by atoms with Gasteiger partial charge in [0.1, 0.15) is 6.61 Å². The number of carbonyl (C=O) groups is 1. The summed E-state index contributed by atoms with van der Waals surface area (Å²) in [6.45, 7) is 0.127. The Morgan fingerprint density at radius 1 is 1.26 bits per heavy atom. The van der Waals surface area contributed by atoms with Crippen LogP contribution in [0.25, 0.3) is 0 Å². The molecule has 2 rings (SSSR count). The summed E-state index contributed by atoms with van der Waals surface area (Å²) >= 11 is 1.50. The van der Waals surface area contributed by atoms with Gasteiger partial charge in [-0.05, 0) is 29.1 Å². The van der Waals surface area contributed by atoms with Crippen molar-refractivity contribution >= 4 is 23.0 Å². The van der Waals surface area contributed by atoms with E-state index >= 15 is 0 Å². The minimum Gasteiger partial charge on any atom is -0.461 e. The monoisotopic (exact) mass is 277 g/mol. The summed E-state index contributed by atoms with van der Waals surface area (Å²) in [6.07, 6.45) is 0.255. The number of non-ortho nitro benzene ring substituents is 1. The van der Waals surface area contributed by atoms with Crippen molar-refractivity contribution in [3.8, 4) is 0 Å². The molecule has 0 unspecified atom stereocenters. The van der Waals surface area contributed by atoms with Crippen LogP contribution in [0.1, 0.15) is 10.4 Å². The van der Waals surface area contributed by atoms with E-state index in [1.165, 1.54) is 23.5 Å². The molecule has 1 aromatic carbocycles. The van der Waals surface area contributed by atoms with Crippen LogP contribution in [-0.2, 0) is 22.6 Å². The van der Waals surface area contributed by atoms with E-state index in [0.29, 0.717) is 0 Å². The van der Waals surface area contributed by atoms with Gasteiger partial charge in [0.2, 0.25) is 0 Å². The molecule has 0 aliphatic carbocycles. The summed E-state index contributed by atoms with van der Waals surface area (Å²) in [5.41, 5.74) is 0.749. The Bertz CT molecular complexity index is 563. The molecule has 5 nitrogen and oxygen atoms in total. The third kappa shape index (κ3) is 3.89. The Labute approximate surface area is 113 Å². The molecule has 19 heavy (non-hydrogen) atoms. The fourth-order valence-electron chi connectivity index (χ4n) is 1.48. The number of benzene rings is 1. The van der Waals surface area contributed by atoms with Crippen molar-refractivity contribution in [2.24, 2.45) is 0 Å². The zero-order valence-corrected chi connectivity index (χ0v) is 10.8. The molecule has 98 valence electrons. The lowest BCUT2D eigenvalue weighted by atomic mass is 10.2. The molecule has 1 heterocycles. The molecule has 0 bridgehead atoms. The van der Waals surface area contributed by atoms with Gasteiger partial charge in [0.05, 0.1) is 11.3 Å². The second-order valence-corrected chi connectivity index (χ2v) is 4.87. The molecule has 0 saturated carbocycles. The van der Waals surface area contributed by atoms with E-state index in [0.717, 1.165) is 10.4 Å². The highest BCUT2D eigenvalue weighted by atomic mass is 32.1. The van der Waals surface area contributed by atoms with E-state index < -0.39 is 4.92 Å². The van der Waals surface area contributed by atoms with Gasteiger partial charge in [-0.15, -0.1) is 11.3 Å². The average molecular weight is 277 g/mol. The first-order valence-corrected chi connectivity index (χ1v) is 6.44. The Morgan fingerprint density at radius 3 is 2.58 bits per heavy atom. The van der Waals surface area contributed by atoms with Crippen molar-refractivity contribution in [1.82, 2.24) is 0 Å². The number of hydrogen-bond acceptors (Lipinski definition) is 5. The zero-order chi connectivity index (χ0) is 13.7. The molecule has 0 radical (unpaired) electrons. The number of nitrogens with zero attached hydrogens (tertiary/aromatic N) is 1. The van der Waals surface area contributed by atoms with Crippen molar-refractivity contribution in [3.05, 3.63) is 62.3 Å². The van der Waals surface area contributed by atoms with Gasteiger partial charge in [0.15, 0.2) is 0 Å². The molecule has 0 aliphatic rings. The van der Waals surface area contributed by atoms with Gasteiger partial charge < -0.3 is 4.74 Å². The molecule has 6 heteroatoms. The summed E-state index contributed by atoms with van der Waals surface area (Å²) in [7, 11) is 0. The van der Waals surface area contributed by atoms with Gasteiger partial charge in [0, 0.05) is 17.0 Å².